The van der Waals surface area contributed by atoms with E-state index in [1.165, 1.54) is 16.2 Å². The zero-order chi connectivity index (χ0) is 22.0. The van der Waals surface area contributed by atoms with Crippen LogP contribution in [0.1, 0.15) is 36.5 Å². The lowest BCUT2D eigenvalue weighted by molar-refractivity contribution is -0.137. The molecule has 8 heteroatoms. The van der Waals surface area contributed by atoms with E-state index in [0.717, 1.165) is 10.1 Å². The van der Waals surface area contributed by atoms with Gasteiger partial charge in [0.05, 0.1) is 5.56 Å². The number of nitrogens with zero attached hydrogens (tertiary/aromatic N) is 3. The lowest BCUT2D eigenvalue weighted by Gasteiger charge is -2.50. The molecule has 1 aliphatic heterocycles. The summed E-state index contributed by atoms with van der Waals surface area (Å²) in [6.07, 6.45) is 2.39. The third-order valence-corrected chi connectivity index (χ3v) is 6.74. The SMILES string of the molecule is CC1(C(=O)N(CCCC(=O)O)c2ccccn2)CCN1C(=O)c1csc2ccccc12. The van der Waals surface area contributed by atoms with Gasteiger partial charge in [0, 0.05) is 41.2 Å². The molecule has 1 aromatic carbocycles. The largest absolute Gasteiger partial charge is 0.481 e. The van der Waals surface area contributed by atoms with Crippen molar-refractivity contribution in [2.45, 2.75) is 31.7 Å². The Kier molecular flexibility index (Phi) is 5.73. The number of pyridine rings is 1. The minimum absolute atomic E-state index is 0.0448. The molecule has 31 heavy (non-hydrogen) atoms. The molecule has 3 aromatic rings. The number of benzene rings is 1. The molecule has 1 aliphatic rings. The minimum Gasteiger partial charge on any atom is -0.481 e. The normalized spacial score (nSPS) is 17.9. The van der Waals surface area contributed by atoms with Gasteiger partial charge in [-0.2, -0.15) is 0 Å². The Bertz CT molecular complexity index is 1130. The number of aliphatic carboxylic acids is 1. The lowest BCUT2D eigenvalue weighted by Crippen LogP contribution is -2.68. The quantitative estimate of drug-likeness (QED) is 0.607. The molecule has 0 spiro atoms. The van der Waals surface area contributed by atoms with E-state index in [0.29, 0.717) is 30.8 Å². The number of anilines is 1. The van der Waals surface area contributed by atoms with Crippen LogP contribution in [0.25, 0.3) is 10.1 Å². The number of rotatable bonds is 7. The number of fused-ring (bicyclic) bond motifs is 1. The standard InChI is InChI=1S/C23H23N3O4S/c1-23(22(30)25(13-6-10-20(27)28)19-9-4-5-12-24-19)11-14-26(23)21(29)17-15-31-18-8-3-2-7-16(17)18/h2-5,7-9,12,15H,6,10-11,13-14H2,1H3,(H,27,28). The summed E-state index contributed by atoms with van der Waals surface area (Å²) in [4.78, 5) is 45.3. The fourth-order valence-corrected chi connectivity index (χ4v) is 4.84. The minimum atomic E-state index is -0.999. The number of likely N-dealkylation sites (tertiary alicyclic amines) is 1. The van der Waals surface area contributed by atoms with Crippen molar-refractivity contribution in [3.63, 3.8) is 0 Å². The Labute approximate surface area is 183 Å². The van der Waals surface area contributed by atoms with Crippen LogP contribution in [0.2, 0.25) is 0 Å². The van der Waals surface area contributed by atoms with Crippen LogP contribution in [-0.4, -0.2) is 51.4 Å². The molecule has 0 radical (unpaired) electrons. The van der Waals surface area contributed by atoms with E-state index in [-0.39, 0.29) is 24.8 Å². The summed E-state index contributed by atoms with van der Waals surface area (Å²) in [5, 5.41) is 11.7. The monoisotopic (exact) mass is 437 g/mol. The average Bonchev–Trinajstić information content (AvgIpc) is 3.19. The van der Waals surface area contributed by atoms with Crippen molar-refractivity contribution < 1.29 is 19.5 Å². The van der Waals surface area contributed by atoms with E-state index in [1.54, 1.807) is 36.2 Å². The number of hydrogen-bond acceptors (Lipinski definition) is 5. The Morgan fingerprint density at radius 2 is 1.97 bits per heavy atom. The number of aromatic nitrogens is 1. The molecule has 0 saturated carbocycles. The van der Waals surface area contributed by atoms with Crippen LogP contribution in [0.15, 0.2) is 54.0 Å². The summed E-state index contributed by atoms with van der Waals surface area (Å²) >= 11 is 1.51. The zero-order valence-electron chi connectivity index (χ0n) is 17.2. The highest BCUT2D eigenvalue weighted by molar-refractivity contribution is 7.17. The number of carbonyl (C=O) groups is 3. The summed E-state index contributed by atoms with van der Waals surface area (Å²) in [6.45, 7) is 2.50. The highest BCUT2D eigenvalue weighted by Gasteiger charge is 2.51. The second kappa shape index (κ2) is 8.47. The number of carboxylic acids is 1. The van der Waals surface area contributed by atoms with Gasteiger partial charge in [-0.3, -0.25) is 19.3 Å². The fourth-order valence-electron chi connectivity index (χ4n) is 3.91. The Balaban J connectivity index is 1.60. The van der Waals surface area contributed by atoms with Crippen LogP contribution in [0, 0.1) is 0 Å². The third-order valence-electron chi connectivity index (χ3n) is 5.78. The number of carbonyl (C=O) groups excluding carboxylic acids is 2. The van der Waals surface area contributed by atoms with Crippen LogP contribution in [-0.2, 0) is 9.59 Å². The summed E-state index contributed by atoms with van der Waals surface area (Å²) in [5.74, 6) is -0.856. The van der Waals surface area contributed by atoms with Crippen molar-refractivity contribution in [1.29, 1.82) is 0 Å². The first-order valence-corrected chi connectivity index (χ1v) is 11.0. The van der Waals surface area contributed by atoms with E-state index < -0.39 is 11.5 Å². The first-order chi connectivity index (χ1) is 14.9. The smallest absolute Gasteiger partial charge is 0.303 e. The van der Waals surface area contributed by atoms with Crippen molar-refractivity contribution in [3.8, 4) is 0 Å². The van der Waals surface area contributed by atoms with Crippen LogP contribution in [0.5, 0.6) is 0 Å². The molecule has 3 heterocycles. The molecule has 2 aromatic heterocycles. The summed E-state index contributed by atoms with van der Waals surface area (Å²) in [6, 6.07) is 13.0. The average molecular weight is 438 g/mol. The van der Waals surface area contributed by atoms with Crippen molar-refractivity contribution in [1.82, 2.24) is 9.88 Å². The van der Waals surface area contributed by atoms with Crippen LogP contribution in [0.3, 0.4) is 0 Å². The molecular formula is C23H23N3O4S. The predicted molar refractivity (Wildman–Crippen MR) is 119 cm³/mol. The maximum absolute atomic E-state index is 13.6. The molecule has 1 saturated heterocycles. The molecule has 1 fully saturated rings. The summed E-state index contributed by atoms with van der Waals surface area (Å²) in [7, 11) is 0. The highest BCUT2D eigenvalue weighted by atomic mass is 32.1. The topological polar surface area (TPSA) is 90.8 Å². The second-order valence-electron chi connectivity index (χ2n) is 7.77. The summed E-state index contributed by atoms with van der Waals surface area (Å²) in [5.41, 5.74) is -0.393. The lowest BCUT2D eigenvalue weighted by atomic mass is 9.84. The van der Waals surface area contributed by atoms with Gasteiger partial charge in [-0.15, -0.1) is 11.3 Å². The van der Waals surface area contributed by atoms with E-state index in [4.69, 9.17) is 5.11 Å². The molecule has 7 nitrogen and oxygen atoms in total. The van der Waals surface area contributed by atoms with Gasteiger partial charge in [0.15, 0.2) is 0 Å². The van der Waals surface area contributed by atoms with Gasteiger partial charge in [-0.1, -0.05) is 24.3 Å². The molecule has 1 N–H and O–H groups in total. The van der Waals surface area contributed by atoms with Crippen molar-refractivity contribution in [2.24, 2.45) is 0 Å². The highest BCUT2D eigenvalue weighted by Crippen LogP contribution is 2.37. The summed E-state index contributed by atoms with van der Waals surface area (Å²) < 4.78 is 1.03. The number of amides is 2. The van der Waals surface area contributed by atoms with Crippen LogP contribution < -0.4 is 4.90 Å². The molecule has 4 rings (SSSR count). The predicted octanol–water partition coefficient (Wildman–Crippen LogP) is 3.80. The second-order valence-corrected chi connectivity index (χ2v) is 8.68. The molecule has 2 amide bonds. The van der Waals surface area contributed by atoms with Gasteiger partial charge in [0.1, 0.15) is 11.4 Å². The van der Waals surface area contributed by atoms with Gasteiger partial charge >= 0.3 is 5.97 Å². The maximum atomic E-state index is 13.6. The Morgan fingerprint density at radius 3 is 2.65 bits per heavy atom. The van der Waals surface area contributed by atoms with Crippen LogP contribution in [0.4, 0.5) is 5.82 Å². The number of hydrogen-bond donors (Lipinski definition) is 1. The van der Waals surface area contributed by atoms with Crippen molar-refractivity contribution >= 4 is 45.0 Å². The van der Waals surface area contributed by atoms with Crippen molar-refractivity contribution in [3.05, 3.63) is 59.6 Å². The van der Waals surface area contributed by atoms with Gasteiger partial charge in [0.2, 0.25) is 0 Å². The Hall–Kier alpha value is -3.26. The van der Waals surface area contributed by atoms with E-state index in [9.17, 15) is 14.4 Å². The molecule has 0 aliphatic carbocycles. The van der Waals surface area contributed by atoms with Gasteiger partial charge < -0.3 is 10.0 Å². The first kappa shape index (κ1) is 21.0. The molecule has 1 atom stereocenters. The van der Waals surface area contributed by atoms with Crippen molar-refractivity contribution in [2.75, 3.05) is 18.0 Å². The molecule has 1 unspecified atom stereocenters. The fraction of sp³-hybridized carbons (Fsp3) is 0.304. The maximum Gasteiger partial charge on any atom is 0.303 e. The number of carboxylic acid groups (broad SMARTS) is 1. The van der Waals surface area contributed by atoms with Crippen LogP contribution >= 0.6 is 11.3 Å². The number of thiophene rings is 1. The molecular weight excluding hydrogens is 414 g/mol. The Morgan fingerprint density at radius 1 is 1.19 bits per heavy atom. The van der Waals surface area contributed by atoms with Gasteiger partial charge in [-0.05, 0) is 38.0 Å². The molecule has 160 valence electrons. The van der Waals surface area contributed by atoms with Gasteiger partial charge in [-0.25, -0.2) is 4.98 Å². The van der Waals surface area contributed by atoms with Gasteiger partial charge in [0.25, 0.3) is 11.8 Å². The van der Waals surface area contributed by atoms with E-state index >= 15 is 0 Å². The first-order valence-electron chi connectivity index (χ1n) is 10.1. The zero-order valence-corrected chi connectivity index (χ0v) is 18.0. The third kappa shape index (κ3) is 3.90. The van der Waals surface area contributed by atoms with E-state index in [1.807, 2.05) is 29.6 Å². The molecule has 0 bridgehead atoms. The van der Waals surface area contributed by atoms with E-state index in [2.05, 4.69) is 4.98 Å².